The van der Waals surface area contributed by atoms with E-state index in [0.29, 0.717) is 11.1 Å². The molecular weight excluding hydrogens is 258 g/mol. The monoisotopic (exact) mass is 272 g/mol. The zero-order valence-electron chi connectivity index (χ0n) is 10.8. The molecule has 2 rings (SSSR count). The highest BCUT2D eigenvalue weighted by atomic mass is 19.1. The van der Waals surface area contributed by atoms with Gasteiger partial charge in [0.15, 0.2) is 5.82 Å². The summed E-state index contributed by atoms with van der Waals surface area (Å²) in [7, 11) is 0. The van der Waals surface area contributed by atoms with Crippen LogP contribution in [0.3, 0.4) is 0 Å². The lowest BCUT2D eigenvalue weighted by molar-refractivity contribution is 0.629. The van der Waals surface area contributed by atoms with E-state index in [2.05, 4.69) is 13.2 Å². The molecule has 0 radical (unpaired) electrons. The van der Waals surface area contributed by atoms with Crippen molar-refractivity contribution in [2.45, 2.75) is 0 Å². The third-order valence-electron chi connectivity index (χ3n) is 3.08. The van der Waals surface area contributed by atoms with Gasteiger partial charge in [-0.15, -0.1) is 0 Å². The fraction of sp³-hybridized carbons (Fsp3) is 0. The first-order valence-corrected chi connectivity index (χ1v) is 5.91. The van der Waals surface area contributed by atoms with Crippen molar-refractivity contribution in [3.63, 3.8) is 0 Å². The van der Waals surface area contributed by atoms with Crippen molar-refractivity contribution in [1.82, 2.24) is 0 Å². The van der Waals surface area contributed by atoms with Crippen LogP contribution in [0, 0.1) is 11.6 Å². The first kappa shape index (κ1) is 13.8. The summed E-state index contributed by atoms with van der Waals surface area (Å²) in [5.41, 5.74) is 12.5. The van der Waals surface area contributed by atoms with Crippen molar-refractivity contribution in [3.8, 4) is 11.1 Å². The predicted octanol–water partition coefficient (Wildman–Crippen LogP) is 4.08. The number of anilines is 2. The van der Waals surface area contributed by atoms with E-state index in [-0.39, 0.29) is 22.5 Å². The van der Waals surface area contributed by atoms with E-state index >= 15 is 0 Å². The van der Waals surface area contributed by atoms with Gasteiger partial charge in [-0.05, 0) is 29.3 Å². The molecule has 0 saturated carbocycles. The number of hydrogen-bond donors (Lipinski definition) is 2. The quantitative estimate of drug-likeness (QED) is 0.827. The Balaban J connectivity index is 2.87. The van der Waals surface area contributed by atoms with Crippen molar-refractivity contribution in [2.75, 3.05) is 11.5 Å². The van der Waals surface area contributed by atoms with Crippen molar-refractivity contribution in [1.29, 1.82) is 0 Å². The summed E-state index contributed by atoms with van der Waals surface area (Å²) in [6.07, 6.45) is 2.93. The maximum absolute atomic E-state index is 14.3. The van der Waals surface area contributed by atoms with E-state index in [9.17, 15) is 8.78 Å². The molecule has 0 aromatic heterocycles. The van der Waals surface area contributed by atoms with Crippen molar-refractivity contribution in [2.24, 2.45) is 0 Å². The zero-order chi connectivity index (χ0) is 14.9. The van der Waals surface area contributed by atoms with Crippen LogP contribution in [-0.2, 0) is 0 Å². The van der Waals surface area contributed by atoms with Crippen molar-refractivity contribution < 1.29 is 8.78 Å². The van der Waals surface area contributed by atoms with Gasteiger partial charge in [0.05, 0.1) is 11.4 Å². The van der Waals surface area contributed by atoms with Crippen LogP contribution in [0.5, 0.6) is 0 Å². The topological polar surface area (TPSA) is 52.0 Å². The van der Waals surface area contributed by atoms with Gasteiger partial charge in [0.2, 0.25) is 0 Å². The van der Waals surface area contributed by atoms with E-state index in [1.54, 1.807) is 12.1 Å². The second kappa shape index (κ2) is 5.17. The van der Waals surface area contributed by atoms with Crippen molar-refractivity contribution in [3.05, 3.63) is 60.2 Å². The predicted molar refractivity (Wildman–Crippen MR) is 80.8 cm³/mol. The number of halogens is 2. The first-order chi connectivity index (χ1) is 9.49. The SMILES string of the molecule is C=Cc1cc(F)c(N)c(-c2c(C=C)ccc(N)c2F)c1. The van der Waals surface area contributed by atoms with Gasteiger partial charge in [0, 0.05) is 11.1 Å². The van der Waals surface area contributed by atoms with Gasteiger partial charge in [-0.2, -0.15) is 0 Å². The maximum Gasteiger partial charge on any atom is 0.154 e. The second-order valence-electron chi connectivity index (χ2n) is 4.31. The molecule has 0 heterocycles. The summed E-state index contributed by atoms with van der Waals surface area (Å²) < 4.78 is 28.1. The van der Waals surface area contributed by atoms with E-state index in [0.717, 1.165) is 0 Å². The first-order valence-electron chi connectivity index (χ1n) is 5.91. The molecule has 2 aromatic carbocycles. The number of nitrogen functional groups attached to an aromatic ring is 2. The number of nitrogens with two attached hydrogens (primary N) is 2. The van der Waals surface area contributed by atoms with Crippen molar-refractivity contribution >= 4 is 23.5 Å². The smallest absolute Gasteiger partial charge is 0.154 e. The van der Waals surface area contributed by atoms with Crippen LogP contribution >= 0.6 is 0 Å². The highest BCUT2D eigenvalue weighted by Crippen LogP contribution is 2.36. The lowest BCUT2D eigenvalue weighted by Crippen LogP contribution is -2.01. The van der Waals surface area contributed by atoms with E-state index < -0.39 is 11.6 Å². The summed E-state index contributed by atoms with van der Waals surface area (Å²) >= 11 is 0. The minimum absolute atomic E-state index is 0.0329. The summed E-state index contributed by atoms with van der Waals surface area (Å²) in [5.74, 6) is -1.27. The molecule has 20 heavy (non-hydrogen) atoms. The Morgan fingerprint density at radius 2 is 1.70 bits per heavy atom. The summed E-state index contributed by atoms with van der Waals surface area (Å²) in [6.45, 7) is 7.19. The Morgan fingerprint density at radius 3 is 2.30 bits per heavy atom. The van der Waals surface area contributed by atoms with Crippen LogP contribution in [0.1, 0.15) is 11.1 Å². The average molecular weight is 272 g/mol. The van der Waals surface area contributed by atoms with E-state index in [1.165, 1.54) is 24.3 Å². The Morgan fingerprint density at radius 1 is 1.00 bits per heavy atom. The molecule has 102 valence electrons. The Labute approximate surface area is 116 Å². The van der Waals surface area contributed by atoms with Gasteiger partial charge in [0.1, 0.15) is 5.82 Å². The van der Waals surface area contributed by atoms with Gasteiger partial charge >= 0.3 is 0 Å². The second-order valence-corrected chi connectivity index (χ2v) is 4.31. The molecule has 0 amide bonds. The standard InChI is InChI=1S/C16H14F2N2/c1-3-9-7-11(16(20)12(17)8-9)14-10(4-2)5-6-13(19)15(14)18/h3-8H,1-2,19-20H2. The number of benzene rings is 2. The Kier molecular flexibility index (Phi) is 3.57. The number of hydrogen-bond acceptors (Lipinski definition) is 2. The van der Waals surface area contributed by atoms with Crippen LogP contribution in [-0.4, -0.2) is 0 Å². The molecule has 0 aliphatic heterocycles. The molecule has 2 aromatic rings. The van der Waals surface area contributed by atoms with Crippen LogP contribution in [0.15, 0.2) is 37.4 Å². The highest BCUT2D eigenvalue weighted by Gasteiger charge is 2.17. The number of rotatable bonds is 3. The van der Waals surface area contributed by atoms with Gasteiger partial charge in [-0.3, -0.25) is 0 Å². The maximum atomic E-state index is 14.3. The van der Waals surface area contributed by atoms with Crippen LogP contribution < -0.4 is 11.5 Å². The Bertz CT molecular complexity index is 706. The normalized spacial score (nSPS) is 10.3. The average Bonchev–Trinajstić information content (AvgIpc) is 2.45. The minimum Gasteiger partial charge on any atom is -0.396 e. The van der Waals surface area contributed by atoms with Crippen LogP contribution in [0.4, 0.5) is 20.2 Å². The molecule has 0 unspecified atom stereocenters. The molecule has 0 spiro atoms. The zero-order valence-corrected chi connectivity index (χ0v) is 10.8. The molecule has 4 N–H and O–H groups in total. The van der Waals surface area contributed by atoms with E-state index in [4.69, 9.17) is 11.5 Å². The largest absolute Gasteiger partial charge is 0.396 e. The molecule has 4 heteroatoms. The van der Waals surface area contributed by atoms with E-state index in [1.807, 2.05) is 0 Å². The molecule has 0 saturated heterocycles. The van der Waals surface area contributed by atoms with Gasteiger partial charge in [-0.25, -0.2) is 8.78 Å². The fourth-order valence-electron chi connectivity index (χ4n) is 2.01. The molecule has 0 fully saturated rings. The molecule has 0 bridgehead atoms. The molecule has 0 aliphatic carbocycles. The molecular formula is C16H14F2N2. The molecule has 0 aliphatic rings. The third kappa shape index (κ3) is 2.16. The highest BCUT2D eigenvalue weighted by molar-refractivity contribution is 5.86. The lowest BCUT2D eigenvalue weighted by Gasteiger charge is -2.13. The molecule has 2 nitrogen and oxygen atoms in total. The Hall–Kier alpha value is -2.62. The fourth-order valence-corrected chi connectivity index (χ4v) is 2.01. The van der Waals surface area contributed by atoms with Crippen LogP contribution in [0.2, 0.25) is 0 Å². The third-order valence-corrected chi connectivity index (χ3v) is 3.08. The lowest BCUT2D eigenvalue weighted by atomic mass is 9.95. The summed E-state index contributed by atoms with van der Waals surface area (Å²) in [5, 5.41) is 0. The summed E-state index contributed by atoms with van der Waals surface area (Å²) in [4.78, 5) is 0. The molecule has 0 atom stereocenters. The minimum atomic E-state index is -0.644. The van der Waals surface area contributed by atoms with Gasteiger partial charge in [-0.1, -0.05) is 31.4 Å². The summed E-state index contributed by atoms with van der Waals surface area (Å²) in [6, 6.07) is 5.85. The van der Waals surface area contributed by atoms with Crippen LogP contribution in [0.25, 0.3) is 23.3 Å². The van der Waals surface area contributed by atoms with Gasteiger partial charge < -0.3 is 11.5 Å². The van der Waals surface area contributed by atoms with Gasteiger partial charge in [0.25, 0.3) is 0 Å².